The first-order valence-electron chi connectivity index (χ1n) is 8.43. The summed E-state index contributed by atoms with van der Waals surface area (Å²) in [5.74, 6) is 0.997. The van der Waals surface area contributed by atoms with Gasteiger partial charge >= 0.3 is 0 Å². The average Bonchev–Trinajstić information content (AvgIpc) is 3.15. The van der Waals surface area contributed by atoms with Crippen LogP contribution in [0.1, 0.15) is 15.9 Å². The van der Waals surface area contributed by atoms with Crippen molar-refractivity contribution in [1.29, 1.82) is 0 Å². The number of nitrogens with one attached hydrogen (secondary N) is 1. The smallest absolute Gasteiger partial charge is 0.272 e. The molecule has 28 heavy (non-hydrogen) atoms. The molecule has 1 amide bonds. The second-order valence-corrected chi connectivity index (χ2v) is 6.97. The molecule has 0 saturated heterocycles. The minimum Gasteiger partial charge on any atom is -0.486 e. The number of thiazole rings is 1. The lowest BCUT2D eigenvalue weighted by Crippen LogP contribution is -2.15. The second-order valence-electron chi connectivity index (χ2n) is 6.11. The van der Waals surface area contributed by atoms with Crippen molar-refractivity contribution in [2.45, 2.75) is 6.92 Å². The molecule has 1 aliphatic heterocycles. The first kappa shape index (κ1) is 17.9. The Labute approximate surface area is 163 Å². The number of aromatic nitrogens is 1. The second kappa shape index (κ2) is 7.28. The maximum Gasteiger partial charge on any atom is 0.272 e. The molecule has 2 aromatic carbocycles. The van der Waals surface area contributed by atoms with Gasteiger partial charge in [0.15, 0.2) is 16.6 Å². The van der Waals surface area contributed by atoms with Crippen LogP contribution in [-0.2, 0) is 0 Å². The molecule has 0 radical (unpaired) electrons. The number of benzene rings is 2. The highest BCUT2D eigenvalue weighted by atomic mass is 32.1. The van der Waals surface area contributed by atoms with Gasteiger partial charge in [0, 0.05) is 28.1 Å². The van der Waals surface area contributed by atoms with E-state index in [-0.39, 0.29) is 11.6 Å². The zero-order chi connectivity index (χ0) is 19.7. The Kier molecular flexibility index (Phi) is 4.66. The minimum atomic E-state index is -0.475. The first-order valence-corrected chi connectivity index (χ1v) is 9.31. The fourth-order valence-electron chi connectivity index (χ4n) is 2.84. The standard InChI is InChI=1S/C19H15N3O5S/c1-11-8-13(2-4-15(11)22(24)25)18(23)21-19-20-14(10-28-19)12-3-5-16-17(9-12)27-7-6-26-16/h2-5,8-10H,6-7H2,1H3,(H,20,21,23). The largest absolute Gasteiger partial charge is 0.486 e. The lowest BCUT2D eigenvalue weighted by Gasteiger charge is -2.18. The number of hydrogen-bond acceptors (Lipinski definition) is 7. The van der Waals surface area contributed by atoms with Gasteiger partial charge in [0.05, 0.1) is 10.6 Å². The van der Waals surface area contributed by atoms with Crippen LogP contribution < -0.4 is 14.8 Å². The van der Waals surface area contributed by atoms with Crippen LogP contribution in [0.2, 0.25) is 0 Å². The number of hydrogen-bond donors (Lipinski definition) is 1. The fraction of sp³-hybridized carbons (Fsp3) is 0.158. The van der Waals surface area contributed by atoms with E-state index in [9.17, 15) is 14.9 Å². The molecule has 0 saturated carbocycles. The summed E-state index contributed by atoms with van der Waals surface area (Å²) in [6, 6.07) is 9.81. The Morgan fingerprint density at radius 3 is 2.71 bits per heavy atom. The van der Waals surface area contributed by atoms with E-state index in [2.05, 4.69) is 10.3 Å². The molecule has 9 heteroatoms. The van der Waals surface area contributed by atoms with Gasteiger partial charge in [0.2, 0.25) is 0 Å². The maximum atomic E-state index is 12.4. The van der Waals surface area contributed by atoms with Gasteiger partial charge < -0.3 is 9.47 Å². The Morgan fingerprint density at radius 1 is 1.18 bits per heavy atom. The molecule has 142 valence electrons. The fourth-order valence-corrected chi connectivity index (χ4v) is 3.55. The molecular formula is C19H15N3O5S. The van der Waals surface area contributed by atoms with Gasteiger partial charge in [-0.3, -0.25) is 20.2 Å². The van der Waals surface area contributed by atoms with E-state index in [0.29, 0.717) is 46.7 Å². The van der Waals surface area contributed by atoms with E-state index >= 15 is 0 Å². The number of rotatable bonds is 4. The number of carbonyl (C=O) groups excluding carboxylic acids is 1. The van der Waals surface area contributed by atoms with Gasteiger partial charge in [-0.15, -0.1) is 11.3 Å². The summed E-state index contributed by atoms with van der Waals surface area (Å²) >= 11 is 1.29. The SMILES string of the molecule is Cc1cc(C(=O)Nc2nc(-c3ccc4c(c3)OCCO4)cs2)ccc1[N+](=O)[O-]. The number of nitro benzene ring substituents is 1. The number of anilines is 1. The number of nitro groups is 1. The molecule has 4 rings (SSSR count). The molecule has 1 aliphatic rings. The Hall–Kier alpha value is -3.46. The third kappa shape index (κ3) is 3.52. The van der Waals surface area contributed by atoms with Crippen LogP contribution in [0.5, 0.6) is 11.5 Å². The van der Waals surface area contributed by atoms with Crippen LogP contribution >= 0.6 is 11.3 Å². The number of amides is 1. The van der Waals surface area contributed by atoms with Gasteiger partial charge in [-0.2, -0.15) is 0 Å². The number of nitrogens with zero attached hydrogens (tertiary/aromatic N) is 2. The van der Waals surface area contributed by atoms with E-state index in [1.165, 1.54) is 29.5 Å². The van der Waals surface area contributed by atoms with Crippen LogP contribution in [-0.4, -0.2) is 29.0 Å². The quantitative estimate of drug-likeness (QED) is 0.526. The van der Waals surface area contributed by atoms with E-state index in [1.807, 2.05) is 23.6 Å². The molecule has 3 aromatic rings. The molecule has 2 heterocycles. The van der Waals surface area contributed by atoms with Gasteiger partial charge in [0.25, 0.3) is 11.6 Å². The topological polar surface area (TPSA) is 104 Å². The van der Waals surface area contributed by atoms with Crippen molar-refractivity contribution in [3.05, 3.63) is 63.0 Å². The zero-order valence-electron chi connectivity index (χ0n) is 14.8. The Morgan fingerprint density at radius 2 is 1.96 bits per heavy atom. The van der Waals surface area contributed by atoms with Crippen LogP contribution in [0.4, 0.5) is 10.8 Å². The van der Waals surface area contributed by atoms with Crippen molar-refractivity contribution in [2.75, 3.05) is 18.5 Å². The zero-order valence-corrected chi connectivity index (χ0v) is 15.6. The minimum absolute atomic E-state index is 0.0216. The van der Waals surface area contributed by atoms with E-state index in [4.69, 9.17) is 9.47 Å². The number of aryl methyl sites for hydroxylation is 1. The Balaban J connectivity index is 1.51. The summed E-state index contributed by atoms with van der Waals surface area (Å²) in [5, 5.41) is 15.9. The monoisotopic (exact) mass is 397 g/mol. The van der Waals surface area contributed by atoms with Crippen LogP contribution in [0.25, 0.3) is 11.3 Å². The predicted octanol–water partition coefficient (Wildman–Crippen LogP) is 4.05. The molecule has 0 fully saturated rings. The molecule has 0 spiro atoms. The Bertz CT molecular complexity index is 1080. The van der Waals surface area contributed by atoms with Crippen molar-refractivity contribution in [3.8, 4) is 22.8 Å². The average molecular weight is 397 g/mol. The molecule has 0 unspecified atom stereocenters. The van der Waals surface area contributed by atoms with Crippen molar-refractivity contribution in [3.63, 3.8) is 0 Å². The molecular weight excluding hydrogens is 382 g/mol. The number of ether oxygens (including phenoxy) is 2. The van der Waals surface area contributed by atoms with Gasteiger partial charge in [-0.25, -0.2) is 4.98 Å². The van der Waals surface area contributed by atoms with E-state index in [0.717, 1.165) is 5.56 Å². The van der Waals surface area contributed by atoms with Gasteiger partial charge in [0.1, 0.15) is 13.2 Å². The molecule has 0 aliphatic carbocycles. The van der Waals surface area contributed by atoms with Crippen molar-refractivity contribution in [1.82, 2.24) is 4.98 Å². The summed E-state index contributed by atoms with van der Waals surface area (Å²) in [6.45, 7) is 2.63. The highest BCUT2D eigenvalue weighted by molar-refractivity contribution is 7.14. The van der Waals surface area contributed by atoms with E-state index < -0.39 is 4.92 Å². The normalized spacial score (nSPS) is 12.5. The van der Waals surface area contributed by atoms with E-state index in [1.54, 1.807) is 6.92 Å². The van der Waals surface area contributed by atoms with Crippen molar-refractivity contribution >= 4 is 28.1 Å². The molecule has 1 N–H and O–H groups in total. The summed E-state index contributed by atoms with van der Waals surface area (Å²) in [6.07, 6.45) is 0. The number of carbonyl (C=O) groups is 1. The summed E-state index contributed by atoms with van der Waals surface area (Å²) in [7, 11) is 0. The number of fused-ring (bicyclic) bond motifs is 1. The predicted molar refractivity (Wildman–Crippen MR) is 104 cm³/mol. The van der Waals surface area contributed by atoms with Gasteiger partial charge in [-0.05, 0) is 37.3 Å². The molecule has 1 aromatic heterocycles. The highest BCUT2D eigenvalue weighted by Crippen LogP contribution is 2.35. The van der Waals surface area contributed by atoms with Crippen molar-refractivity contribution in [2.24, 2.45) is 0 Å². The maximum absolute atomic E-state index is 12.4. The van der Waals surface area contributed by atoms with Crippen LogP contribution in [0.3, 0.4) is 0 Å². The highest BCUT2D eigenvalue weighted by Gasteiger charge is 2.16. The third-order valence-corrected chi connectivity index (χ3v) is 4.98. The first-order chi connectivity index (χ1) is 13.5. The van der Waals surface area contributed by atoms with Crippen LogP contribution in [0, 0.1) is 17.0 Å². The van der Waals surface area contributed by atoms with Gasteiger partial charge in [-0.1, -0.05) is 0 Å². The van der Waals surface area contributed by atoms with Crippen LogP contribution in [0.15, 0.2) is 41.8 Å². The lowest BCUT2D eigenvalue weighted by molar-refractivity contribution is -0.385. The molecule has 0 atom stereocenters. The summed E-state index contributed by atoms with van der Waals surface area (Å²) in [5.41, 5.74) is 2.30. The third-order valence-electron chi connectivity index (χ3n) is 4.22. The molecule has 0 bridgehead atoms. The van der Waals surface area contributed by atoms with Crippen molar-refractivity contribution < 1.29 is 19.2 Å². The molecule has 8 nitrogen and oxygen atoms in total. The summed E-state index contributed by atoms with van der Waals surface area (Å²) < 4.78 is 11.1. The summed E-state index contributed by atoms with van der Waals surface area (Å²) in [4.78, 5) is 27.3. The lowest BCUT2D eigenvalue weighted by atomic mass is 10.1.